The second kappa shape index (κ2) is 7.39. The molecule has 0 saturated heterocycles. The summed E-state index contributed by atoms with van der Waals surface area (Å²) in [6.45, 7) is 3.90. The fraction of sp³-hybridized carbons (Fsp3) is 0.429. The molecule has 0 heterocycles. The number of sulfonamides is 1. The van der Waals surface area contributed by atoms with E-state index in [1.54, 1.807) is 0 Å². The molecule has 1 rings (SSSR count). The molecular formula is C14H18FNO3S. The van der Waals surface area contributed by atoms with E-state index in [2.05, 4.69) is 16.6 Å². The van der Waals surface area contributed by atoms with E-state index in [0.717, 1.165) is 6.07 Å². The number of hydrogen-bond acceptors (Lipinski definition) is 3. The summed E-state index contributed by atoms with van der Waals surface area (Å²) >= 11 is 0. The minimum Gasteiger partial charge on any atom is -0.395 e. The Kier molecular flexibility index (Phi) is 6.14. The third-order valence-corrected chi connectivity index (χ3v) is 3.83. The summed E-state index contributed by atoms with van der Waals surface area (Å²) in [5.74, 6) is 4.59. The van der Waals surface area contributed by atoms with Crippen molar-refractivity contribution in [1.29, 1.82) is 0 Å². The number of aliphatic hydroxyl groups excluding tert-OH is 1. The molecule has 0 radical (unpaired) electrons. The number of halogens is 1. The summed E-state index contributed by atoms with van der Waals surface area (Å²) in [5.41, 5.74) is 0.374. The molecular weight excluding hydrogens is 281 g/mol. The molecule has 0 aliphatic heterocycles. The van der Waals surface area contributed by atoms with Crippen molar-refractivity contribution in [3.05, 3.63) is 29.6 Å². The van der Waals surface area contributed by atoms with E-state index >= 15 is 0 Å². The van der Waals surface area contributed by atoms with Crippen molar-refractivity contribution in [2.75, 3.05) is 13.2 Å². The average Bonchev–Trinajstić information content (AvgIpc) is 2.37. The maximum absolute atomic E-state index is 13.8. The molecule has 1 aromatic carbocycles. The summed E-state index contributed by atoms with van der Waals surface area (Å²) in [6, 6.07) is 3.71. The van der Waals surface area contributed by atoms with Gasteiger partial charge in [0, 0.05) is 18.5 Å². The molecule has 2 N–H and O–H groups in total. The van der Waals surface area contributed by atoms with E-state index in [1.165, 1.54) is 12.1 Å². The molecule has 0 aliphatic carbocycles. The van der Waals surface area contributed by atoms with Crippen molar-refractivity contribution in [1.82, 2.24) is 4.72 Å². The Morgan fingerprint density at radius 3 is 2.65 bits per heavy atom. The van der Waals surface area contributed by atoms with Crippen molar-refractivity contribution < 1.29 is 17.9 Å². The molecule has 0 atom stereocenters. The van der Waals surface area contributed by atoms with Crippen LogP contribution in [0.4, 0.5) is 4.39 Å². The van der Waals surface area contributed by atoms with Gasteiger partial charge in [0.15, 0.2) is 0 Å². The van der Waals surface area contributed by atoms with Gasteiger partial charge in [-0.15, -0.1) is 0 Å². The first kappa shape index (κ1) is 16.6. The largest absolute Gasteiger partial charge is 0.395 e. The van der Waals surface area contributed by atoms with Gasteiger partial charge in [-0.25, -0.2) is 17.5 Å². The van der Waals surface area contributed by atoms with E-state index in [4.69, 9.17) is 5.11 Å². The molecule has 4 nitrogen and oxygen atoms in total. The smallest absolute Gasteiger partial charge is 0.243 e. The van der Waals surface area contributed by atoms with Crippen LogP contribution >= 0.6 is 0 Å². The Labute approximate surface area is 119 Å². The van der Waals surface area contributed by atoms with Gasteiger partial charge in [-0.3, -0.25) is 0 Å². The van der Waals surface area contributed by atoms with Crippen molar-refractivity contribution >= 4 is 10.0 Å². The minimum atomic E-state index is -3.84. The molecule has 6 heteroatoms. The number of aliphatic hydroxyl groups is 1. The summed E-state index contributed by atoms with van der Waals surface area (Å²) in [7, 11) is -3.84. The highest BCUT2D eigenvalue weighted by Crippen LogP contribution is 2.15. The van der Waals surface area contributed by atoms with Crippen LogP contribution in [0, 0.1) is 23.6 Å². The molecule has 1 aromatic rings. The summed E-state index contributed by atoms with van der Waals surface area (Å²) < 4.78 is 40.0. The van der Waals surface area contributed by atoms with Gasteiger partial charge in [-0.1, -0.05) is 25.7 Å². The molecule has 0 unspecified atom stereocenters. The van der Waals surface area contributed by atoms with Crippen LogP contribution < -0.4 is 4.72 Å². The molecule has 0 fully saturated rings. The summed E-state index contributed by atoms with van der Waals surface area (Å²) in [6.07, 6.45) is 0.289. The van der Waals surface area contributed by atoms with Gasteiger partial charge in [-0.2, -0.15) is 0 Å². The van der Waals surface area contributed by atoms with Crippen LogP contribution in [-0.2, 0) is 10.0 Å². The maximum atomic E-state index is 13.8. The van der Waals surface area contributed by atoms with Crippen LogP contribution in [0.5, 0.6) is 0 Å². The lowest BCUT2D eigenvalue weighted by molar-refractivity contribution is 0.305. The van der Waals surface area contributed by atoms with Gasteiger partial charge in [0.05, 0.1) is 6.61 Å². The number of rotatable bonds is 5. The highest BCUT2D eigenvalue weighted by Gasteiger charge is 2.19. The average molecular weight is 299 g/mol. The third-order valence-electron chi connectivity index (χ3n) is 2.37. The first-order chi connectivity index (χ1) is 9.36. The third kappa shape index (κ3) is 4.93. The van der Waals surface area contributed by atoms with E-state index in [-0.39, 0.29) is 30.4 Å². The normalized spacial score (nSPS) is 11.2. The van der Waals surface area contributed by atoms with E-state index in [0.29, 0.717) is 5.56 Å². The fourth-order valence-electron chi connectivity index (χ4n) is 1.37. The van der Waals surface area contributed by atoms with E-state index in [9.17, 15) is 12.8 Å². The van der Waals surface area contributed by atoms with E-state index < -0.39 is 15.8 Å². The van der Waals surface area contributed by atoms with Crippen LogP contribution in [-0.4, -0.2) is 26.7 Å². The zero-order chi connectivity index (χ0) is 15.2. The maximum Gasteiger partial charge on any atom is 0.243 e. The topological polar surface area (TPSA) is 66.4 Å². The summed E-state index contributed by atoms with van der Waals surface area (Å²) in [4.78, 5) is -0.383. The van der Waals surface area contributed by atoms with Crippen molar-refractivity contribution in [2.45, 2.75) is 25.2 Å². The Morgan fingerprint density at radius 1 is 1.40 bits per heavy atom. The highest BCUT2D eigenvalue weighted by atomic mass is 32.2. The Morgan fingerprint density at radius 2 is 2.10 bits per heavy atom. The molecule has 0 aliphatic rings. The van der Waals surface area contributed by atoms with Gasteiger partial charge >= 0.3 is 0 Å². The van der Waals surface area contributed by atoms with Crippen LogP contribution in [0.15, 0.2) is 23.1 Å². The first-order valence-corrected chi connectivity index (χ1v) is 7.74. The zero-order valence-electron chi connectivity index (χ0n) is 11.5. The predicted molar refractivity (Wildman–Crippen MR) is 75.0 cm³/mol. The lowest BCUT2D eigenvalue weighted by atomic mass is 10.2. The first-order valence-electron chi connectivity index (χ1n) is 6.25. The standard InChI is InChI=1S/C14H18FNO3S/c1-11(2)10-16-20(18,19)14-7-6-12(9-13(14)15)5-3-4-8-17/h6-7,9,11,16-17H,4,8,10H2,1-2H3. The number of nitrogens with one attached hydrogen (secondary N) is 1. The lowest BCUT2D eigenvalue weighted by Crippen LogP contribution is -2.28. The van der Waals surface area contributed by atoms with Crippen LogP contribution in [0.2, 0.25) is 0 Å². The monoisotopic (exact) mass is 299 g/mol. The Balaban J connectivity index is 2.96. The van der Waals surface area contributed by atoms with Crippen molar-refractivity contribution in [3.8, 4) is 11.8 Å². The summed E-state index contributed by atoms with van der Waals surface area (Å²) in [5, 5.41) is 8.59. The van der Waals surface area contributed by atoms with Gasteiger partial charge in [0.2, 0.25) is 10.0 Å². The number of benzene rings is 1. The fourth-order valence-corrected chi connectivity index (χ4v) is 2.64. The lowest BCUT2D eigenvalue weighted by Gasteiger charge is -2.09. The van der Waals surface area contributed by atoms with Crippen molar-refractivity contribution in [3.63, 3.8) is 0 Å². The van der Waals surface area contributed by atoms with Crippen LogP contribution in [0.3, 0.4) is 0 Å². The van der Waals surface area contributed by atoms with E-state index in [1.807, 2.05) is 13.8 Å². The minimum absolute atomic E-state index is 0.0684. The van der Waals surface area contributed by atoms with Gasteiger partial charge in [0.1, 0.15) is 10.7 Å². The zero-order valence-corrected chi connectivity index (χ0v) is 12.3. The second-order valence-electron chi connectivity index (χ2n) is 4.67. The predicted octanol–water partition coefficient (Wildman–Crippen LogP) is 1.49. The Hall–Kier alpha value is -1.42. The van der Waals surface area contributed by atoms with Gasteiger partial charge in [-0.05, 0) is 24.1 Å². The van der Waals surface area contributed by atoms with Gasteiger partial charge in [0.25, 0.3) is 0 Å². The molecule has 0 spiro atoms. The quantitative estimate of drug-likeness (QED) is 0.810. The highest BCUT2D eigenvalue weighted by molar-refractivity contribution is 7.89. The molecule has 0 amide bonds. The van der Waals surface area contributed by atoms with Crippen LogP contribution in [0.1, 0.15) is 25.8 Å². The molecule has 20 heavy (non-hydrogen) atoms. The SMILES string of the molecule is CC(C)CNS(=O)(=O)c1ccc(C#CCCO)cc1F. The molecule has 0 saturated carbocycles. The van der Waals surface area contributed by atoms with Gasteiger partial charge < -0.3 is 5.11 Å². The second-order valence-corrected chi connectivity index (χ2v) is 6.40. The van der Waals surface area contributed by atoms with Crippen LogP contribution in [0.25, 0.3) is 0 Å². The number of hydrogen-bond donors (Lipinski definition) is 2. The molecule has 0 bridgehead atoms. The Bertz CT molecular complexity index is 615. The van der Waals surface area contributed by atoms with Crippen molar-refractivity contribution in [2.24, 2.45) is 5.92 Å². The molecule has 110 valence electrons. The molecule has 0 aromatic heterocycles.